The van der Waals surface area contributed by atoms with Crippen LogP contribution >= 0.6 is 0 Å². The molecule has 0 saturated carbocycles. The minimum Gasteiger partial charge on any atom is -0.477 e. The van der Waals surface area contributed by atoms with Gasteiger partial charge in [0.1, 0.15) is 5.82 Å². The van der Waals surface area contributed by atoms with Crippen molar-refractivity contribution in [1.29, 1.82) is 0 Å². The quantitative estimate of drug-likeness (QED) is 0.365. The number of ether oxygens (including phenoxy) is 1. The molecule has 1 amide bonds. The molecule has 2 saturated heterocycles. The Morgan fingerprint density at radius 1 is 1.09 bits per heavy atom. The second kappa shape index (κ2) is 8.97. The van der Waals surface area contributed by atoms with Crippen molar-refractivity contribution >= 4 is 11.6 Å². The zero-order valence-corrected chi connectivity index (χ0v) is 17.4. The number of fused-ring (bicyclic) bond motifs is 2. The number of benzene rings is 2. The summed E-state index contributed by atoms with van der Waals surface area (Å²) in [7, 11) is 0. The summed E-state index contributed by atoms with van der Waals surface area (Å²) >= 11 is 0. The van der Waals surface area contributed by atoms with Crippen LogP contribution in [-0.2, 0) is 17.5 Å². The highest BCUT2D eigenvalue weighted by Crippen LogP contribution is 2.36. The molecule has 0 N–H and O–H groups in total. The largest absolute Gasteiger partial charge is 0.477 e. The number of carbonyl (C=O) groups excluding carboxylic acids is 1. The highest BCUT2D eigenvalue weighted by atomic mass is 19.4. The first-order chi connectivity index (χ1) is 15.6. The van der Waals surface area contributed by atoms with E-state index in [1.165, 1.54) is 12.1 Å². The molecule has 0 radical (unpaired) electrons. The Hall–Kier alpha value is -3.21. The number of nitro benzene ring substituents is 1. The van der Waals surface area contributed by atoms with Crippen LogP contribution in [0.15, 0.2) is 42.5 Å². The smallest absolute Gasteiger partial charge is 0.416 e. The molecule has 2 bridgehead atoms. The van der Waals surface area contributed by atoms with E-state index in [9.17, 15) is 32.5 Å². The van der Waals surface area contributed by atoms with Crippen LogP contribution in [0.5, 0.6) is 5.75 Å². The van der Waals surface area contributed by atoms with Crippen LogP contribution < -0.4 is 4.74 Å². The molecule has 2 heterocycles. The van der Waals surface area contributed by atoms with Gasteiger partial charge in [-0.1, -0.05) is 12.1 Å². The predicted octanol–water partition coefficient (Wildman–Crippen LogP) is 4.01. The summed E-state index contributed by atoms with van der Waals surface area (Å²) in [5, 5.41) is 11.2. The molecule has 33 heavy (non-hydrogen) atoms. The van der Waals surface area contributed by atoms with Crippen LogP contribution in [0.1, 0.15) is 24.0 Å². The predicted molar refractivity (Wildman–Crippen MR) is 109 cm³/mol. The summed E-state index contributed by atoms with van der Waals surface area (Å²) in [6.07, 6.45) is -3.13. The highest BCUT2D eigenvalue weighted by Gasteiger charge is 2.42. The number of nitrogens with zero attached hydrogens (tertiary/aromatic N) is 3. The number of nitro groups is 1. The second-order valence-electron chi connectivity index (χ2n) is 8.23. The van der Waals surface area contributed by atoms with Crippen LogP contribution in [0.3, 0.4) is 0 Å². The average Bonchev–Trinajstić information content (AvgIpc) is 3.03. The van der Waals surface area contributed by atoms with Crippen molar-refractivity contribution in [3.05, 3.63) is 69.5 Å². The van der Waals surface area contributed by atoms with Gasteiger partial charge in [-0.2, -0.15) is 13.2 Å². The Labute approximate surface area is 186 Å². The number of halogens is 4. The molecular weight excluding hydrogens is 446 g/mol. The van der Waals surface area contributed by atoms with Gasteiger partial charge in [-0.15, -0.1) is 0 Å². The van der Waals surface area contributed by atoms with E-state index in [1.807, 2.05) is 0 Å². The van der Waals surface area contributed by atoms with Crippen LogP contribution in [-0.4, -0.2) is 52.4 Å². The minimum absolute atomic E-state index is 0.0529. The topological polar surface area (TPSA) is 75.9 Å². The van der Waals surface area contributed by atoms with Crippen molar-refractivity contribution in [3.63, 3.8) is 0 Å². The Morgan fingerprint density at radius 3 is 2.30 bits per heavy atom. The maximum atomic E-state index is 13.1. The van der Waals surface area contributed by atoms with Gasteiger partial charge in [0.15, 0.2) is 12.4 Å². The number of hydrogen-bond acceptors (Lipinski definition) is 5. The van der Waals surface area contributed by atoms with Gasteiger partial charge in [0.2, 0.25) is 0 Å². The molecule has 0 aromatic heterocycles. The molecule has 176 valence electrons. The van der Waals surface area contributed by atoms with Crippen molar-refractivity contribution < 1.29 is 32.0 Å². The number of carbonyl (C=O) groups is 1. The number of piperazine rings is 1. The highest BCUT2D eigenvalue weighted by molar-refractivity contribution is 5.79. The molecule has 2 unspecified atom stereocenters. The summed E-state index contributed by atoms with van der Waals surface area (Å²) < 4.78 is 57.0. The molecule has 2 aliphatic rings. The van der Waals surface area contributed by atoms with Gasteiger partial charge < -0.3 is 9.64 Å². The number of likely N-dealkylation sites (tertiary alicyclic amines) is 1. The summed E-state index contributed by atoms with van der Waals surface area (Å²) in [5.41, 5.74) is -1.04. The van der Waals surface area contributed by atoms with Crippen molar-refractivity contribution in [2.45, 2.75) is 37.6 Å². The maximum absolute atomic E-state index is 13.1. The van der Waals surface area contributed by atoms with E-state index in [2.05, 4.69) is 4.90 Å². The fraction of sp³-hybridized carbons (Fsp3) is 0.409. The lowest BCUT2D eigenvalue weighted by Gasteiger charge is -2.41. The normalized spacial score (nSPS) is 20.7. The Balaban J connectivity index is 1.39. The number of alkyl halides is 3. The molecule has 2 aromatic carbocycles. The average molecular weight is 467 g/mol. The van der Waals surface area contributed by atoms with Crippen molar-refractivity contribution in [3.8, 4) is 5.75 Å². The van der Waals surface area contributed by atoms with Gasteiger partial charge in [-0.05, 0) is 42.7 Å². The summed E-state index contributed by atoms with van der Waals surface area (Å²) in [6.45, 7) is 1.38. The van der Waals surface area contributed by atoms with E-state index in [4.69, 9.17) is 4.74 Å². The van der Waals surface area contributed by atoms with Crippen molar-refractivity contribution in [2.24, 2.45) is 0 Å². The fourth-order valence-electron chi connectivity index (χ4n) is 4.55. The van der Waals surface area contributed by atoms with Gasteiger partial charge in [0.25, 0.3) is 5.91 Å². The standard InChI is InChI=1S/C22H21F4N3O4/c23-16-4-1-14(2-5-16)10-27-11-17-6-7-18(12-27)28(17)21(30)13-33-20-8-3-15(22(24,25)26)9-19(20)29(31)32/h1-5,8-9,17-18H,6-7,10-13H2. The van der Waals surface area contributed by atoms with Gasteiger partial charge >= 0.3 is 11.9 Å². The lowest BCUT2D eigenvalue weighted by Crippen LogP contribution is -2.56. The third-order valence-corrected chi connectivity index (χ3v) is 6.00. The van der Waals surface area contributed by atoms with Gasteiger partial charge in [-0.3, -0.25) is 19.8 Å². The first-order valence-corrected chi connectivity index (χ1v) is 10.4. The van der Waals surface area contributed by atoms with Crippen molar-refractivity contribution in [2.75, 3.05) is 19.7 Å². The van der Waals surface area contributed by atoms with Gasteiger partial charge in [-0.25, -0.2) is 4.39 Å². The molecule has 11 heteroatoms. The Bertz CT molecular complexity index is 1030. The van der Waals surface area contributed by atoms with E-state index in [0.717, 1.165) is 24.5 Å². The zero-order valence-electron chi connectivity index (χ0n) is 17.4. The molecule has 2 atom stereocenters. The minimum atomic E-state index is -4.73. The third-order valence-electron chi connectivity index (χ3n) is 6.00. The molecule has 4 rings (SSSR count). The van der Waals surface area contributed by atoms with E-state index in [0.29, 0.717) is 31.8 Å². The lowest BCUT2D eigenvalue weighted by atomic mass is 10.1. The lowest BCUT2D eigenvalue weighted by molar-refractivity contribution is -0.386. The molecule has 2 aliphatic heterocycles. The first-order valence-electron chi connectivity index (χ1n) is 10.4. The summed E-state index contributed by atoms with van der Waals surface area (Å²) in [4.78, 5) is 27.0. The Kier molecular flexibility index (Phi) is 6.24. The zero-order chi connectivity index (χ0) is 23.8. The molecule has 2 aromatic rings. The SMILES string of the molecule is O=C(COc1ccc(C(F)(F)F)cc1[N+](=O)[O-])N1C2CCC1CN(Cc1ccc(F)cc1)C2. The van der Waals surface area contributed by atoms with E-state index < -0.39 is 29.0 Å². The van der Waals surface area contributed by atoms with Crippen LogP contribution in [0, 0.1) is 15.9 Å². The molecule has 7 nitrogen and oxygen atoms in total. The van der Waals surface area contributed by atoms with E-state index in [1.54, 1.807) is 17.0 Å². The van der Waals surface area contributed by atoms with Crippen LogP contribution in [0.2, 0.25) is 0 Å². The van der Waals surface area contributed by atoms with Crippen LogP contribution in [0.4, 0.5) is 23.2 Å². The van der Waals surface area contributed by atoms with E-state index in [-0.39, 0.29) is 29.6 Å². The maximum Gasteiger partial charge on any atom is 0.416 e. The molecular formula is C22H21F4N3O4. The van der Waals surface area contributed by atoms with Gasteiger partial charge in [0, 0.05) is 37.8 Å². The number of amides is 1. The number of hydrogen-bond donors (Lipinski definition) is 0. The summed E-state index contributed by atoms with van der Waals surface area (Å²) in [5.74, 6) is -1.05. The molecule has 2 fully saturated rings. The van der Waals surface area contributed by atoms with Gasteiger partial charge in [0.05, 0.1) is 10.5 Å². The van der Waals surface area contributed by atoms with E-state index >= 15 is 0 Å². The second-order valence-corrected chi connectivity index (χ2v) is 8.23. The van der Waals surface area contributed by atoms with Crippen molar-refractivity contribution in [1.82, 2.24) is 9.80 Å². The third kappa shape index (κ3) is 5.08. The number of rotatable bonds is 6. The fourth-order valence-corrected chi connectivity index (χ4v) is 4.55. The monoisotopic (exact) mass is 467 g/mol. The summed E-state index contributed by atoms with van der Waals surface area (Å²) in [6, 6.07) is 8.10. The van der Waals surface area contributed by atoms with Crippen LogP contribution in [0.25, 0.3) is 0 Å². The molecule has 0 spiro atoms. The Morgan fingerprint density at radius 2 is 1.73 bits per heavy atom. The first kappa shape index (κ1) is 23.0. The molecule has 0 aliphatic carbocycles.